The van der Waals surface area contributed by atoms with Crippen molar-refractivity contribution in [1.82, 2.24) is 4.98 Å². The quantitative estimate of drug-likeness (QED) is 0.565. The number of hydrogen-bond donors (Lipinski definition) is 2. The molecule has 0 saturated heterocycles. The molecule has 0 radical (unpaired) electrons. The van der Waals surface area contributed by atoms with Crippen LogP contribution in [0.3, 0.4) is 0 Å². The molecule has 0 fully saturated rings. The highest BCUT2D eigenvalue weighted by atomic mass is 15.0. The van der Waals surface area contributed by atoms with E-state index in [0.717, 1.165) is 6.54 Å². The van der Waals surface area contributed by atoms with E-state index in [1.54, 1.807) is 0 Å². The summed E-state index contributed by atoms with van der Waals surface area (Å²) in [5.74, 6) is 0. The highest BCUT2D eigenvalue weighted by molar-refractivity contribution is 6.12. The molecule has 15 heavy (non-hydrogen) atoms. The summed E-state index contributed by atoms with van der Waals surface area (Å²) in [6, 6.07) is 12.9. The van der Waals surface area contributed by atoms with E-state index in [0.29, 0.717) is 0 Å². The van der Waals surface area contributed by atoms with Crippen LogP contribution in [0.4, 0.5) is 5.69 Å². The Morgan fingerprint density at radius 1 is 0.933 bits per heavy atom. The minimum atomic E-state index is 1.00. The minimum absolute atomic E-state index is 1.00. The summed E-state index contributed by atoms with van der Waals surface area (Å²) in [5.41, 5.74) is 5.16. The topological polar surface area (TPSA) is 27.8 Å². The molecule has 2 aromatic carbocycles. The van der Waals surface area contributed by atoms with Crippen molar-refractivity contribution in [2.24, 2.45) is 0 Å². The third kappa shape index (κ3) is 0.796. The van der Waals surface area contributed by atoms with Gasteiger partial charge in [-0.15, -0.1) is 0 Å². The highest BCUT2D eigenvalue weighted by Crippen LogP contribution is 2.36. The highest BCUT2D eigenvalue weighted by Gasteiger charge is 2.17. The van der Waals surface area contributed by atoms with Crippen LogP contribution in [0.1, 0.15) is 5.56 Å². The average Bonchev–Trinajstić information content (AvgIpc) is 2.56. The average molecular weight is 194 g/mol. The summed E-state index contributed by atoms with van der Waals surface area (Å²) in [7, 11) is 0. The van der Waals surface area contributed by atoms with Gasteiger partial charge < -0.3 is 10.3 Å². The molecule has 0 saturated carbocycles. The molecular formula is C13H10N2. The second-order valence-corrected chi connectivity index (χ2v) is 4.05. The zero-order valence-corrected chi connectivity index (χ0v) is 8.17. The van der Waals surface area contributed by atoms with Crippen molar-refractivity contribution in [1.29, 1.82) is 0 Å². The van der Waals surface area contributed by atoms with Crippen LogP contribution in [0.2, 0.25) is 0 Å². The van der Waals surface area contributed by atoms with Crippen LogP contribution in [0, 0.1) is 0 Å². The number of para-hydroxylation sites is 1. The first-order chi connectivity index (χ1) is 7.43. The number of anilines is 1. The maximum Gasteiger partial charge on any atom is 0.0704 e. The van der Waals surface area contributed by atoms with Gasteiger partial charge in [-0.1, -0.05) is 30.3 Å². The molecule has 3 aromatic rings. The molecule has 1 aromatic heterocycles. The minimum Gasteiger partial charge on any atom is -0.379 e. The van der Waals surface area contributed by atoms with Gasteiger partial charge in [0.1, 0.15) is 0 Å². The van der Waals surface area contributed by atoms with Gasteiger partial charge in [0.2, 0.25) is 0 Å². The fourth-order valence-corrected chi connectivity index (χ4v) is 2.39. The van der Waals surface area contributed by atoms with Crippen LogP contribution < -0.4 is 5.32 Å². The van der Waals surface area contributed by atoms with Crippen molar-refractivity contribution in [2.75, 3.05) is 5.32 Å². The molecule has 1 aliphatic rings. The van der Waals surface area contributed by atoms with Crippen molar-refractivity contribution >= 4 is 27.5 Å². The maximum atomic E-state index is 3.48. The molecule has 0 spiro atoms. The zero-order valence-electron chi connectivity index (χ0n) is 8.17. The first kappa shape index (κ1) is 7.35. The van der Waals surface area contributed by atoms with Crippen molar-refractivity contribution in [3.8, 4) is 0 Å². The van der Waals surface area contributed by atoms with E-state index in [1.807, 2.05) is 0 Å². The molecule has 0 unspecified atom stereocenters. The third-order valence-corrected chi connectivity index (χ3v) is 3.22. The summed E-state index contributed by atoms with van der Waals surface area (Å²) < 4.78 is 0. The first-order valence-corrected chi connectivity index (χ1v) is 5.20. The Bertz CT molecular complexity index is 679. The molecule has 2 heteroatoms. The van der Waals surface area contributed by atoms with Crippen LogP contribution in [0.5, 0.6) is 0 Å². The van der Waals surface area contributed by atoms with Gasteiger partial charge in [0, 0.05) is 22.8 Å². The van der Waals surface area contributed by atoms with E-state index < -0.39 is 0 Å². The molecule has 0 bridgehead atoms. The van der Waals surface area contributed by atoms with Gasteiger partial charge in [-0.2, -0.15) is 0 Å². The molecule has 0 atom stereocenters. The number of rotatable bonds is 0. The lowest BCUT2D eigenvalue weighted by Gasteiger charge is -2.21. The van der Waals surface area contributed by atoms with Gasteiger partial charge in [-0.3, -0.25) is 0 Å². The lowest BCUT2D eigenvalue weighted by molar-refractivity contribution is 1.06. The van der Waals surface area contributed by atoms with Crippen molar-refractivity contribution in [2.45, 2.75) is 6.54 Å². The number of aromatic nitrogens is 1. The first-order valence-electron chi connectivity index (χ1n) is 5.20. The molecular weight excluding hydrogens is 184 g/mol. The summed E-state index contributed by atoms with van der Waals surface area (Å²) in [6.45, 7) is 1.00. The predicted molar refractivity (Wildman–Crippen MR) is 63.1 cm³/mol. The van der Waals surface area contributed by atoms with E-state index in [9.17, 15) is 0 Å². The zero-order chi connectivity index (χ0) is 9.83. The second kappa shape index (κ2) is 2.34. The summed E-state index contributed by atoms with van der Waals surface area (Å²) in [4.78, 5) is 3.48. The second-order valence-electron chi connectivity index (χ2n) is 4.05. The van der Waals surface area contributed by atoms with Gasteiger partial charge in [-0.05, 0) is 11.6 Å². The molecule has 4 rings (SSSR count). The number of fused-ring (bicyclic) bond motifs is 5. The third-order valence-electron chi connectivity index (χ3n) is 3.22. The van der Waals surface area contributed by atoms with Gasteiger partial charge in [0.25, 0.3) is 0 Å². The van der Waals surface area contributed by atoms with E-state index in [4.69, 9.17) is 0 Å². The summed E-state index contributed by atoms with van der Waals surface area (Å²) in [5, 5.41) is 5.99. The predicted octanol–water partition coefficient (Wildman–Crippen LogP) is 3.25. The molecule has 1 aliphatic heterocycles. The Morgan fingerprint density at radius 3 is 2.73 bits per heavy atom. The van der Waals surface area contributed by atoms with Crippen LogP contribution in [0.15, 0.2) is 36.4 Å². The molecule has 2 heterocycles. The number of aromatic amines is 1. The van der Waals surface area contributed by atoms with Crippen LogP contribution >= 0.6 is 0 Å². The largest absolute Gasteiger partial charge is 0.379 e. The van der Waals surface area contributed by atoms with Crippen molar-refractivity contribution in [3.63, 3.8) is 0 Å². The molecule has 2 N–H and O–H groups in total. The fraction of sp³-hybridized carbons (Fsp3) is 0.0769. The molecule has 0 aliphatic carbocycles. The van der Waals surface area contributed by atoms with Gasteiger partial charge in [0.05, 0.1) is 11.2 Å². The van der Waals surface area contributed by atoms with E-state index >= 15 is 0 Å². The summed E-state index contributed by atoms with van der Waals surface area (Å²) >= 11 is 0. The van der Waals surface area contributed by atoms with Crippen LogP contribution in [-0.2, 0) is 6.54 Å². The lowest BCUT2D eigenvalue weighted by Crippen LogP contribution is -2.13. The van der Waals surface area contributed by atoms with E-state index in [-0.39, 0.29) is 0 Å². The number of H-pyrrole nitrogens is 1. The maximum absolute atomic E-state index is 3.48. The Balaban J connectivity index is 2.30. The molecule has 2 nitrogen and oxygen atoms in total. The Kier molecular flexibility index (Phi) is 1.15. The van der Waals surface area contributed by atoms with E-state index in [1.165, 1.54) is 33.1 Å². The monoisotopic (exact) mass is 194 g/mol. The Hall–Kier alpha value is -1.96. The molecule has 72 valence electrons. The van der Waals surface area contributed by atoms with Gasteiger partial charge in [0.15, 0.2) is 0 Å². The Labute approximate surface area is 86.9 Å². The van der Waals surface area contributed by atoms with Crippen LogP contribution in [0.25, 0.3) is 21.8 Å². The fourth-order valence-electron chi connectivity index (χ4n) is 2.39. The van der Waals surface area contributed by atoms with E-state index in [2.05, 4.69) is 46.7 Å². The smallest absolute Gasteiger partial charge is 0.0704 e. The standard InChI is InChI=1S/C13H10N2/c1-2-4-11-9(3-1)10-6-5-8-7-14-12(8)13(10)15-11/h1-6,14-15H,7H2. The Morgan fingerprint density at radius 2 is 1.87 bits per heavy atom. The number of hydrogen-bond acceptors (Lipinski definition) is 1. The SMILES string of the molecule is c1ccc2c(c1)[nH]c1c3c(ccc12)CN3. The van der Waals surface area contributed by atoms with Crippen LogP contribution in [-0.4, -0.2) is 4.98 Å². The van der Waals surface area contributed by atoms with Gasteiger partial charge >= 0.3 is 0 Å². The summed E-state index contributed by atoms with van der Waals surface area (Å²) in [6.07, 6.45) is 0. The number of benzene rings is 2. The normalized spacial score (nSPS) is 13.6. The number of nitrogens with one attached hydrogen (secondary N) is 2. The van der Waals surface area contributed by atoms with Crippen molar-refractivity contribution < 1.29 is 0 Å². The molecule has 0 amide bonds. The van der Waals surface area contributed by atoms with Crippen molar-refractivity contribution in [3.05, 3.63) is 42.0 Å². The lowest BCUT2D eigenvalue weighted by atomic mass is 10.0. The van der Waals surface area contributed by atoms with Gasteiger partial charge in [-0.25, -0.2) is 0 Å².